The van der Waals surface area contributed by atoms with Crippen LogP contribution in [0.3, 0.4) is 0 Å². The van der Waals surface area contributed by atoms with Gasteiger partial charge in [0.25, 0.3) is 0 Å². The van der Waals surface area contributed by atoms with Crippen LogP contribution in [0.4, 0.5) is 5.69 Å². The van der Waals surface area contributed by atoms with Gasteiger partial charge in [-0.05, 0) is 50.1 Å². The summed E-state index contributed by atoms with van der Waals surface area (Å²) < 4.78 is 32.3. The predicted octanol–water partition coefficient (Wildman–Crippen LogP) is 3.52. The first-order valence-electron chi connectivity index (χ1n) is 9.07. The molecule has 1 fully saturated rings. The number of aryl methyl sites for hydroxylation is 1. The molecule has 1 amide bonds. The molecular formula is C20H24N2O4S2. The van der Waals surface area contributed by atoms with E-state index in [4.69, 9.17) is 4.74 Å². The Bertz CT molecular complexity index is 937. The molecule has 1 saturated heterocycles. The molecule has 0 aromatic heterocycles. The minimum absolute atomic E-state index is 0.164. The normalized spacial score (nSPS) is 14.8. The number of ether oxygens (including phenoxy) is 1. The molecule has 0 aliphatic carbocycles. The molecule has 1 N–H and O–H groups in total. The van der Waals surface area contributed by atoms with E-state index in [1.807, 2.05) is 31.2 Å². The van der Waals surface area contributed by atoms with Gasteiger partial charge in [-0.2, -0.15) is 4.31 Å². The minimum Gasteiger partial charge on any atom is -0.495 e. The second-order valence-electron chi connectivity index (χ2n) is 6.62. The average Bonchev–Trinajstić information content (AvgIpc) is 3.23. The Kier molecular flexibility index (Phi) is 6.64. The number of methoxy groups -OCH3 is 1. The summed E-state index contributed by atoms with van der Waals surface area (Å²) in [5, 5.41) is 2.78. The third kappa shape index (κ3) is 4.87. The highest BCUT2D eigenvalue weighted by Gasteiger charge is 2.28. The van der Waals surface area contributed by atoms with Crippen LogP contribution in [0.5, 0.6) is 5.75 Å². The first-order valence-corrected chi connectivity index (χ1v) is 11.5. The van der Waals surface area contributed by atoms with E-state index in [0.29, 0.717) is 24.5 Å². The van der Waals surface area contributed by atoms with Crippen LogP contribution in [0.15, 0.2) is 52.3 Å². The molecule has 2 aromatic carbocycles. The third-order valence-electron chi connectivity index (χ3n) is 4.54. The zero-order chi connectivity index (χ0) is 20.1. The summed E-state index contributed by atoms with van der Waals surface area (Å²) in [5.74, 6) is 0.420. The van der Waals surface area contributed by atoms with Gasteiger partial charge >= 0.3 is 0 Å². The molecule has 0 spiro atoms. The van der Waals surface area contributed by atoms with Gasteiger partial charge in [-0.1, -0.05) is 17.7 Å². The van der Waals surface area contributed by atoms with Gasteiger partial charge < -0.3 is 10.1 Å². The number of rotatable bonds is 7. The Hall–Kier alpha value is -2.03. The number of hydrogen-bond donors (Lipinski definition) is 1. The highest BCUT2D eigenvalue weighted by atomic mass is 32.2. The number of thioether (sulfide) groups is 1. The molecule has 1 heterocycles. The summed E-state index contributed by atoms with van der Waals surface area (Å²) in [4.78, 5) is 13.6. The molecule has 1 aliphatic heterocycles. The van der Waals surface area contributed by atoms with E-state index in [2.05, 4.69) is 5.32 Å². The summed E-state index contributed by atoms with van der Waals surface area (Å²) in [6.45, 7) is 3.07. The lowest BCUT2D eigenvalue weighted by molar-refractivity contribution is -0.113. The molecular weight excluding hydrogens is 396 g/mol. The smallest absolute Gasteiger partial charge is 0.243 e. The number of hydrogen-bond acceptors (Lipinski definition) is 5. The van der Waals surface area contributed by atoms with E-state index in [9.17, 15) is 13.2 Å². The van der Waals surface area contributed by atoms with Crippen LogP contribution in [0.1, 0.15) is 18.4 Å². The van der Waals surface area contributed by atoms with Crippen molar-refractivity contribution in [3.05, 3.63) is 48.0 Å². The van der Waals surface area contributed by atoms with Crippen molar-refractivity contribution in [2.24, 2.45) is 0 Å². The molecule has 28 heavy (non-hydrogen) atoms. The predicted molar refractivity (Wildman–Crippen MR) is 112 cm³/mol. The number of nitrogens with one attached hydrogen (secondary N) is 1. The lowest BCUT2D eigenvalue weighted by atomic mass is 10.2. The van der Waals surface area contributed by atoms with Crippen molar-refractivity contribution in [2.75, 3.05) is 31.3 Å². The molecule has 6 nitrogen and oxygen atoms in total. The quantitative estimate of drug-likeness (QED) is 0.694. The average molecular weight is 421 g/mol. The van der Waals surface area contributed by atoms with Gasteiger partial charge in [0.15, 0.2) is 0 Å². The fourth-order valence-electron chi connectivity index (χ4n) is 2.99. The van der Waals surface area contributed by atoms with Gasteiger partial charge in [0.05, 0.1) is 23.4 Å². The Morgan fingerprint density at radius 2 is 1.82 bits per heavy atom. The van der Waals surface area contributed by atoms with Crippen molar-refractivity contribution in [3.8, 4) is 5.75 Å². The monoisotopic (exact) mass is 420 g/mol. The van der Waals surface area contributed by atoms with Crippen molar-refractivity contribution in [1.29, 1.82) is 0 Å². The Morgan fingerprint density at radius 3 is 2.46 bits per heavy atom. The molecule has 3 rings (SSSR count). The van der Waals surface area contributed by atoms with E-state index < -0.39 is 10.0 Å². The number of amides is 1. The molecule has 0 radical (unpaired) electrons. The van der Waals surface area contributed by atoms with Crippen LogP contribution in [-0.2, 0) is 14.8 Å². The van der Waals surface area contributed by atoms with E-state index in [-0.39, 0.29) is 16.6 Å². The second kappa shape index (κ2) is 8.98. The standard InChI is InChI=1S/C20H24N2O4S2/c1-15-5-7-16(8-6-15)27-14-20(23)21-18-13-17(9-10-19(18)26-2)28(24,25)22-11-3-4-12-22/h5-10,13H,3-4,11-12,14H2,1-2H3,(H,21,23). The molecule has 0 unspecified atom stereocenters. The number of sulfonamides is 1. The van der Waals surface area contributed by atoms with Crippen molar-refractivity contribution in [1.82, 2.24) is 4.31 Å². The van der Waals surface area contributed by atoms with Gasteiger partial charge in [-0.3, -0.25) is 4.79 Å². The fourth-order valence-corrected chi connectivity index (χ4v) is 5.23. The summed E-state index contributed by atoms with van der Waals surface area (Å²) in [6, 6.07) is 12.5. The van der Waals surface area contributed by atoms with Crippen LogP contribution in [0, 0.1) is 6.92 Å². The minimum atomic E-state index is -3.56. The van der Waals surface area contributed by atoms with Crippen molar-refractivity contribution < 1.29 is 17.9 Å². The van der Waals surface area contributed by atoms with E-state index in [1.165, 1.54) is 35.3 Å². The number of carbonyl (C=O) groups is 1. The van der Waals surface area contributed by atoms with Gasteiger partial charge in [0.1, 0.15) is 5.75 Å². The first-order chi connectivity index (χ1) is 13.4. The summed E-state index contributed by atoms with van der Waals surface area (Å²) in [6.07, 6.45) is 1.74. The third-order valence-corrected chi connectivity index (χ3v) is 7.45. The number of carbonyl (C=O) groups excluding carboxylic acids is 1. The lowest BCUT2D eigenvalue weighted by Gasteiger charge is -2.17. The number of anilines is 1. The molecule has 150 valence electrons. The Balaban J connectivity index is 1.72. The van der Waals surface area contributed by atoms with Crippen molar-refractivity contribution in [3.63, 3.8) is 0 Å². The largest absolute Gasteiger partial charge is 0.495 e. The Morgan fingerprint density at radius 1 is 1.14 bits per heavy atom. The molecule has 0 atom stereocenters. The van der Waals surface area contributed by atoms with Crippen molar-refractivity contribution in [2.45, 2.75) is 29.6 Å². The maximum absolute atomic E-state index is 12.8. The number of nitrogens with zero attached hydrogens (tertiary/aromatic N) is 1. The highest BCUT2D eigenvalue weighted by Crippen LogP contribution is 2.30. The summed E-state index contributed by atoms with van der Waals surface area (Å²) in [5.41, 5.74) is 1.52. The second-order valence-corrected chi connectivity index (χ2v) is 9.61. The maximum atomic E-state index is 12.8. The van der Waals surface area contributed by atoms with Crippen molar-refractivity contribution >= 4 is 33.4 Å². The molecule has 8 heteroatoms. The lowest BCUT2D eigenvalue weighted by Crippen LogP contribution is -2.28. The summed E-state index contributed by atoms with van der Waals surface area (Å²) >= 11 is 1.42. The van der Waals surface area contributed by atoms with Gasteiger partial charge in [-0.25, -0.2) is 8.42 Å². The molecule has 0 saturated carbocycles. The molecule has 1 aliphatic rings. The van der Waals surface area contributed by atoms with Crippen LogP contribution < -0.4 is 10.1 Å². The van der Waals surface area contributed by atoms with Gasteiger partial charge in [0, 0.05) is 18.0 Å². The van der Waals surface area contributed by atoms with Gasteiger partial charge in [0.2, 0.25) is 15.9 Å². The summed E-state index contributed by atoms with van der Waals surface area (Å²) in [7, 11) is -2.07. The van der Waals surface area contributed by atoms with Crippen LogP contribution in [-0.4, -0.2) is 44.6 Å². The van der Waals surface area contributed by atoms with Crippen LogP contribution in [0.25, 0.3) is 0 Å². The van der Waals surface area contributed by atoms with Crippen LogP contribution in [0.2, 0.25) is 0 Å². The Labute approximate surface area is 170 Å². The zero-order valence-electron chi connectivity index (χ0n) is 16.0. The van der Waals surface area contributed by atoms with E-state index in [0.717, 1.165) is 23.3 Å². The highest BCUT2D eigenvalue weighted by molar-refractivity contribution is 8.00. The number of benzene rings is 2. The first kappa shape index (κ1) is 20.7. The molecule has 0 bridgehead atoms. The molecule has 2 aromatic rings. The van der Waals surface area contributed by atoms with E-state index >= 15 is 0 Å². The fraction of sp³-hybridized carbons (Fsp3) is 0.350. The SMILES string of the molecule is COc1ccc(S(=O)(=O)N2CCCC2)cc1NC(=O)CSc1ccc(C)cc1. The maximum Gasteiger partial charge on any atom is 0.243 e. The zero-order valence-corrected chi connectivity index (χ0v) is 17.6. The topological polar surface area (TPSA) is 75.7 Å². The van der Waals surface area contributed by atoms with E-state index in [1.54, 1.807) is 6.07 Å². The van der Waals surface area contributed by atoms with Crippen LogP contribution >= 0.6 is 11.8 Å². The van der Waals surface area contributed by atoms with Gasteiger partial charge in [-0.15, -0.1) is 11.8 Å².